The molecule has 1 saturated carbocycles. The summed E-state index contributed by atoms with van der Waals surface area (Å²) < 4.78 is 2.98. The lowest BCUT2D eigenvalue weighted by Crippen LogP contribution is -2.23. The second-order valence-electron chi connectivity index (χ2n) is 6.16. The van der Waals surface area contributed by atoms with E-state index >= 15 is 0 Å². The van der Waals surface area contributed by atoms with Crippen molar-refractivity contribution < 1.29 is 0 Å². The Hall–Kier alpha value is -1.42. The van der Waals surface area contributed by atoms with Crippen LogP contribution in [-0.2, 0) is 0 Å². The third-order valence-corrected chi connectivity index (χ3v) is 4.54. The van der Waals surface area contributed by atoms with Crippen LogP contribution in [-0.4, -0.2) is 14.8 Å². The highest BCUT2D eigenvalue weighted by atomic mass is 32.1. The van der Waals surface area contributed by atoms with Gasteiger partial charge in [0.05, 0.1) is 0 Å². The van der Waals surface area contributed by atoms with E-state index in [2.05, 4.69) is 40.7 Å². The summed E-state index contributed by atoms with van der Waals surface area (Å²) in [6, 6.07) is 10.8. The molecule has 1 heterocycles. The van der Waals surface area contributed by atoms with Gasteiger partial charge in [0.25, 0.3) is 0 Å². The number of hydrogen-bond donors (Lipinski definition) is 1. The summed E-state index contributed by atoms with van der Waals surface area (Å²) in [6.07, 6.45) is 3.71. The van der Waals surface area contributed by atoms with Crippen LogP contribution < -0.4 is 0 Å². The minimum atomic E-state index is 0.468. The van der Waals surface area contributed by atoms with E-state index in [1.807, 2.05) is 18.2 Å². The molecule has 0 amide bonds. The lowest BCUT2D eigenvalue weighted by molar-refractivity contribution is 0.221. The third-order valence-electron chi connectivity index (χ3n) is 4.26. The zero-order chi connectivity index (χ0) is 14.1. The second kappa shape index (κ2) is 5.52. The van der Waals surface area contributed by atoms with Crippen LogP contribution >= 0.6 is 12.2 Å². The molecule has 106 valence electrons. The molecule has 0 radical (unpaired) electrons. The Bertz CT molecular complexity index is 619. The number of nitrogens with one attached hydrogen (secondary N) is 1. The Balaban J connectivity index is 2.01. The molecule has 20 heavy (non-hydrogen) atoms. The quantitative estimate of drug-likeness (QED) is 0.819. The lowest BCUT2D eigenvalue weighted by atomic mass is 9.80. The van der Waals surface area contributed by atoms with Crippen molar-refractivity contribution in [1.29, 1.82) is 0 Å². The first kappa shape index (κ1) is 13.6. The van der Waals surface area contributed by atoms with Crippen molar-refractivity contribution in [1.82, 2.24) is 14.8 Å². The van der Waals surface area contributed by atoms with Crippen molar-refractivity contribution >= 4 is 12.2 Å². The number of nitrogens with zero attached hydrogens (tertiary/aromatic N) is 2. The van der Waals surface area contributed by atoms with Crippen molar-refractivity contribution in [2.24, 2.45) is 11.8 Å². The Labute approximate surface area is 125 Å². The van der Waals surface area contributed by atoms with Crippen molar-refractivity contribution in [3.05, 3.63) is 35.1 Å². The van der Waals surface area contributed by atoms with Gasteiger partial charge >= 0.3 is 0 Å². The highest BCUT2D eigenvalue weighted by Gasteiger charge is 2.27. The summed E-state index contributed by atoms with van der Waals surface area (Å²) in [7, 11) is 0. The van der Waals surface area contributed by atoms with Crippen LogP contribution in [0.3, 0.4) is 0 Å². The zero-order valence-corrected chi connectivity index (χ0v) is 12.9. The summed E-state index contributed by atoms with van der Waals surface area (Å²) in [5.74, 6) is 2.48. The molecule has 4 heteroatoms. The first-order chi connectivity index (χ1) is 9.65. The predicted molar refractivity (Wildman–Crippen MR) is 84.1 cm³/mol. The smallest absolute Gasteiger partial charge is 0.195 e. The van der Waals surface area contributed by atoms with Gasteiger partial charge < -0.3 is 0 Å². The summed E-state index contributed by atoms with van der Waals surface area (Å²) >= 11 is 5.48. The number of aromatic nitrogens is 3. The van der Waals surface area contributed by atoms with Crippen LogP contribution in [0.15, 0.2) is 30.3 Å². The number of H-pyrrole nitrogens is 1. The minimum absolute atomic E-state index is 0.468. The third kappa shape index (κ3) is 2.57. The van der Waals surface area contributed by atoms with E-state index in [-0.39, 0.29) is 0 Å². The highest BCUT2D eigenvalue weighted by Crippen LogP contribution is 2.37. The molecule has 3 nitrogen and oxygen atoms in total. The standard InChI is InChI=1S/C16H21N3S/c1-11-8-12(2)10-14(9-11)19-15(17-18-16(19)20)13-6-4-3-5-7-13/h3-7,11-12,14H,8-10H2,1-2H3,(H,18,20). The molecule has 3 rings (SSSR count). The molecule has 1 N–H and O–H groups in total. The summed E-state index contributed by atoms with van der Waals surface area (Å²) in [5.41, 5.74) is 1.13. The molecule has 0 bridgehead atoms. The van der Waals surface area contributed by atoms with E-state index < -0.39 is 0 Å². The minimum Gasteiger partial charge on any atom is -0.297 e. The molecule has 2 aromatic rings. The molecule has 1 aliphatic carbocycles. The van der Waals surface area contributed by atoms with Crippen LogP contribution in [0.25, 0.3) is 11.4 Å². The monoisotopic (exact) mass is 287 g/mol. The normalized spacial score (nSPS) is 26.6. The fraction of sp³-hybridized carbons (Fsp3) is 0.500. The Morgan fingerprint density at radius 2 is 1.75 bits per heavy atom. The van der Waals surface area contributed by atoms with Gasteiger partial charge in [0.2, 0.25) is 0 Å². The van der Waals surface area contributed by atoms with Gasteiger partial charge in [0, 0.05) is 11.6 Å². The van der Waals surface area contributed by atoms with Crippen molar-refractivity contribution in [2.75, 3.05) is 0 Å². The number of aromatic amines is 1. The Morgan fingerprint density at radius 3 is 2.40 bits per heavy atom. The lowest BCUT2D eigenvalue weighted by Gasteiger charge is -2.32. The molecule has 2 unspecified atom stereocenters. The Morgan fingerprint density at radius 1 is 1.10 bits per heavy atom. The van der Waals surface area contributed by atoms with Gasteiger partial charge in [-0.15, -0.1) is 0 Å². The second-order valence-corrected chi connectivity index (χ2v) is 6.55. The maximum Gasteiger partial charge on any atom is 0.195 e. The van der Waals surface area contributed by atoms with Gasteiger partial charge in [0.15, 0.2) is 10.6 Å². The van der Waals surface area contributed by atoms with Gasteiger partial charge in [-0.25, -0.2) is 0 Å². The average Bonchev–Trinajstić information content (AvgIpc) is 2.80. The van der Waals surface area contributed by atoms with Gasteiger partial charge in [-0.1, -0.05) is 44.2 Å². The fourth-order valence-corrected chi connectivity index (χ4v) is 3.83. The van der Waals surface area contributed by atoms with Crippen molar-refractivity contribution in [3.8, 4) is 11.4 Å². The first-order valence-corrected chi connectivity index (χ1v) is 7.78. The van der Waals surface area contributed by atoms with Crippen molar-refractivity contribution in [3.63, 3.8) is 0 Å². The first-order valence-electron chi connectivity index (χ1n) is 7.37. The molecule has 1 fully saturated rings. The van der Waals surface area contributed by atoms with E-state index in [1.165, 1.54) is 19.3 Å². The molecule has 1 aromatic carbocycles. The molecule has 2 atom stereocenters. The van der Waals surface area contributed by atoms with E-state index in [9.17, 15) is 0 Å². The average molecular weight is 287 g/mol. The van der Waals surface area contributed by atoms with Gasteiger partial charge in [-0.2, -0.15) is 5.10 Å². The molecule has 0 spiro atoms. The molecule has 1 aromatic heterocycles. The maximum atomic E-state index is 5.48. The predicted octanol–water partition coefficient (Wildman–Crippen LogP) is 4.60. The molecular formula is C16H21N3S. The highest BCUT2D eigenvalue weighted by molar-refractivity contribution is 7.71. The molecule has 0 saturated heterocycles. The number of benzene rings is 1. The summed E-state index contributed by atoms with van der Waals surface area (Å²) in [5, 5.41) is 7.44. The van der Waals surface area contributed by atoms with E-state index in [0.29, 0.717) is 6.04 Å². The van der Waals surface area contributed by atoms with Crippen LogP contribution in [0.2, 0.25) is 0 Å². The molecular weight excluding hydrogens is 266 g/mol. The molecule has 1 aliphatic rings. The van der Waals surface area contributed by atoms with Gasteiger partial charge in [0.1, 0.15) is 0 Å². The van der Waals surface area contributed by atoms with Crippen LogP contribution in [0.4, 0.5) is 0 Å². The SMILES string of the molecule is CC1CC(C)CC(n2c(-c3ccccc3)n[nH]c2=S)C1. The van der Waals surface area contributed by atoms with Crippen LogP contribution in [0, 0.1) is 16.6 Å². The van der Waals surface area contributed by atoms with Gasteiger partial charge in [-0.3, -0.25) is 9.67 Å². The maximum absolute atomic E-state index is 5.48. The number of rotatable bonds is 2. The van der Waals surface area contributed by atoms with E-state index in [4.69, 9.17) is 12.2 Å². The van der Waals surface area contributed by atoms with E-state index in [1.54, 1.807) is 0 Å². The summed E-state index contributed by atoms with van der Waals surface area (Å²) in [4.78, 5) is 0. The summed E-state index contributed by atoms with van der Waals surface area (Å²) in [6.45, 7) is 4.68. The van der Waals surface area contributed by atoms with Crippen LogP contribution in [0.5, 0.6) is 0 Å². The Kier molecular flexibility index (Phi) is 3.74. The molecule has 0 aliphatic heterocycles. The topological polar surface area (TPSA) is 33.6 Å². The number of hydrogen-bond acceptors (Lipinski definition) is 2. The van der Waals surface area contributed by atoms with Crippen molar-refractivity contribution in [2.45, 2.75) is 39.2 Å². The van der Waals surface area contributed by atoms with E-state index in [0.717, 1.165) is 28.0 Å². The van der Waals surface area contributed by atoms with Crippen LogP contribution in [0.1, 0.15) is 39.2 Å². The van der Waals surface area contributed by atoms with Gasteiger partial charge in [-0.05, 0) is 43.3 Å². The zero-order valence-electron chi connectivity index (χ0n) is 12.0. The fourth-order valence-electron chi connectivity index (χ4n) is 3.55. The largest absolute Gasteiger partial charge is 0.297 e.